The van der Waals surface area contributed by atoms with Gasteiger partial charge in [0.2, 0.25) is 0 Å². The molecule has 1 unspecified atom stereocenters. The monoisotopic (exact) mass is 128 g/mol. The molecule has 3 atom stereocenters. The van der Waals surface area contributed by atoms with E-state index in [1.165, 1.54) is 0 Å². The standard InChI is InChI=1S/C7H12O2/c1-7-5(8)3-2-4-6(7)9-7/h5-6,8H,2-4H2,1H3/t5-,6-,7?/m0/s1. The molecule has 2 nitrogen and oxygen atoms in total. The van der Waals surface area contributed by atoms with Crippen molar-refractivity contribution in [1.82, 2.24) is 0 Å². The van der Waals surface area contributed by atoms with Gasteiger partial charge in [-0.1, -0.05) is 0 Å². The number of hydrogen-bond acceptors (Lipinski definition) is 2. The summed E-state index contributed by atoms with van der Waals surface area (Å²) in [5.74, 6) is 0. The Hall–Kier alpha value is -0.0800. The van der Waals surface area contributed by atoms with E-state index in [9.17, 15) is 5.11 Å². The lowest BCUT2D eigenvalue weighted by Gasteiger charge is -2.18. The first-order valence-electron chi connectivity index (χ1n) is 3.59. The molecule has 1 saturated heterocycles. The highest BCUT2D eigenvalue weighted by Crippen LogP contribution is 2.47. The van der Waals surface area contributed by atoms with Crippen molar-refractivity contribution < 1.29 is 9.84 Å². The first-order valence-corrected chi connectivity index (χ1v) is 3.59. The van der Waals surface area contributed by atoms with Crippen LogP contribution in [0, 0.1) is 0 Å². The number of ether oxygens (including phenoxy) is 1. The lowest BCUT2D eigenvalue weighted by Crippen LogP contribution is -2.32. The van der Waals surface area contributed by atoms with Crippen molar-refractivity contribution in [2.24, 2.45) is 0 Å². The van der Waals surface area contributed by atoms with Crippen molar-refractivity contribution in [3.8, 4) is 0 Å². The molecule has 0 aromatic carbocycles. The Balaban J connectivity index is 2.10. The molecule has 1 saturated carbocycles. The van der Waals surface area contributed by atoms with Crippen molar-refractivity contribution >= 4 is 0 Å². The molecular weight excluding hydrogens is 116 g/mol. The van der Waals surface area contributed by atoms with Crippen LogP contribution in [0.2, 0.25) is 0 Å². The maximum Gasteiger partial charge on any atom is 0.118 e. The number of hydrogen-bond donors (Lipinski definition) is 1. The summed E-state index contributed by atoms with van der Waals surface area (Å²) in [7, 11) is 0. The molecular formula is C7H12O2. The molecule has 1 N–H and O–H groups in total. The zero-order chi connectivity index (χ0) is 6.48. The minimum Gasteiger partial charge on any atom is -0.390 e. The van der Waals surface area contributed by atoms with Crippen LogP contribution in [0.5, 0.6) is 0 Å². The molecule has 2 rings (SSSR count). The van der Waals surface area contributed by atoms with Crippen LogP contribution in [-0.2, 0) is 4.74 Å². The van der Waals surface area contributed by atoms with Gasteiger partial charge >= 0.3 is 0 Å². The molecule has 1 heterocycles. The molecule has 0 spiro atoms. The van der Waals surface area contributed by atoms with Gasteiger partial charge < -0.3 is 9.84 Å². The van der Waals surface area contributed by atoms with Gasteiger partial charge in [-0.15, -0.1) is 0 Å². The fourth-order valence-corrected chi connectivity index (χ4v) is 1.69. The molecule has 0 aromatic rings. The highest BCUT2D eigenvalue weighted by Gasteiger charge is 2.58. The molecule has 52 valence electrons. The highest BCUT2D eigenvalue weighted by atomic mass is 16.6. The molecule has 0 aromatic heterocycles. The third-order valence-electron chi connectivity index (χ3n) is 2.58. The third kappa shape index (κ3) is 0.634. The molecule has 2 heteroatoms. The highest BCUT2D eigenvalue weighted by molar-refractivity contribution is 5.06. The van der Waals surface area contributed by atoms with E-state index in [0.29, 0.717) is 6.10 Å². The molecule has 1 aliphatic carbocycles. The van der Waals surface area contributed by atoms with Gasteiger partial charge in [0.1, 0.15) is 5.60 Å². The first-order chi connectivity index (χ1) is 4.23. The van der Waals surface area contributed by atoms with E-state index in [2.05, 4.69) is 0 Å². The van der Waals surface area contributed by atoms with E-state index in [-0.39, 0.29) is 11.7 Å². The SMILES string of the molecule is CC12O[C@H]1CCC[C@@H]2O. The summed E-state index contributed by atoms with van der Waals surface area (Å²) in [6, 6.07) is 0. The molecule has 2 fully saturated rings. The van der Waals surface area contributed by atoms with Crippen LogP contribution >= 0.6 is 0 Å². The van der Waals surface area contributed by atoms with E-state index in [0.717, 1.165) is 19.3 Å². The van der Waals surface area contributed by atoms with E-state index >= 15 is 0 Å². The minimum atomic E-state index is -0.198. The lowest BCUT2D eigenvalue weighted by molar-refractivity contribution is 0.0744. The quantitative estimate of drug-likeness (QED) is 0.487. The normalized spacial score (nSPS) is 56.7. The Kier molecular flexibility index (Phi) is 0.945. The number of aliphatic hydroxyl groups excluding tert-OH is 1. The molecule has 0 radical (unpaired) electrons. The van der Waals surface area contributed by atoms with Crippen molar-refractivity contribution in [2.75, 3.05) is 0 Å². The fraction of sp³-hybridized carbons (Fsp3) is 1.00. The number of epoxide rings is 1. The van der Waals surface area contributed by atoms with Gasteiger partial charge in [0.15, 0.2) is 0 Å². The molecule has 0 bridgehead atoms. The largest absolute Gasteiger partial charge is 0.390 e. The summed E-state index contributed by atoms with van der Waals surface area (Å²) < 4.78 is 5.33. The second-order valence-electron chi connectivity index (χ2n) is 3.24. The summed E-state index contributed by atoms with van der Waals surface area (Å²) in [5.41, 5.74) is -0.141. The van der Waals surface area contributed by atoms with Gasteiger partial charge in [0, 0.05) is 0 Å². The Morgan fingerprint density at radius 3 is 2.89 bits per heavy atom. The summed E-state index contributed by atoms with van der Waals surface area (Å²) >= 11 is 0. The lowest BCUT2D eigenvalue weighted by atomic mass is 9.88. The van der Waals surface area contributed by atoms with Crippen molar-refractivity contribution in [2.45, 2.75) is 44.0 Å². The third-order valence-corrected chi connectivity index (χ3v) is 2.58. The Bertz CT molecular complexity index is 135. The number of rotatable bonds is 0. The van der Waals surface area contributed by atoms with Crippen LogP contribution < -0.4 is 0 Å². The molecule has 9 heavy (non-hydrogen) atoms. The zero-order valence-corrected chi connectivity index (χ0v) is 5.63. The first kappa shape index (κ1) is 5.69. The molecule has 1 aliphatic heterocycles. The Morgan fingerprint density at radius 1 is 1.56 bits per heavy atom. The Morgan fingerprint density at radius 2 is 2.33 bits per heavy atom. The van der Waals surface area contributed by atoms with Crippen molar-refractivity contribution in [3.05, 3.63) is 0 Å². The van der Waals surface area contributed by atoms with Crippen LogP contribution in [0.1, 0.15) is 26.2 Å². The van der Waals surface area contributed by atoms with Gasteiger partial charge in [-0.2, -0.15) is 0 Å². The van der Waals surface area contributed by atoms with Gasteiger partial charge in [-0.05, 0) is 26.2 Å². The maximum absolute atomic E-state index is 9.35. The summed E-state index contributed by atoms with van der Waals surface area (Å²) in [4.78, 5) is 0. The second kappa shape index (κ2) is 1.50. The van der Waals surface area contributed by atoms with Crippen LogP contribution in [0.15, 0.2) is 0 Å². The van der Waals surface area contributed by atoms with Crippen LogP contribution in [0.3, 0.4) is 0 Å². The molecule has 0 amide bonds. The van der Waals surface area contributed by atoms with E-state index in [4.69, 9.17) is 4.74 Å². The number of aliphatic hydroxyl groups is 1. The average molecular weight is 128 g/mol. The van der Waals surface area contributed by atoms with Gasteiger partial charge in [-0.3, -0.25) is 0 Å². The predicted octanol–water partition coefficient (Wildman–Crippen LogP) is 0.689. The average Bonchev–Trinajstić information content (AvgIpc) is 2.44. The number of fused-ring (bicyclic) bond motifs is 1. The topological polar surface area (TPSA) is 32.8 Å². The molecule has 2 aliphatic rings. The maximum atomic E-state index is 9.35. The Labute approximate surface area is 54.8 Å². The van der Waals surface area contributed by atoms with Crippen LogP contribution in [-0.4, -0.2) is 22.9 Å². The van der Waals surface area contributed by atoms with Crippen molar-refractivity contribution in [3.63, 3.8) is 0 Å². The predicted molar refractivity (Wildman–Crippen MR) is 33.1 cm³/mol. The van der Waals surface area contributed by atoms with Gasteiger partial charge in [-0.25, -0.2) is 0 Å². The van der Waals surface area contributed by atoms with E-state index in [1.807, 2.05) is 6.92 Å². The van der Waals surface area contributed by atoms with Crippen molar-refractivity contribution in [1.29, 1.82) is 0 Å². The van der Waals surface area contributed by atoms with Gasteiger partial charge in [0.05, 0.1) is 12.2 Å². The summed E-state index contributed by atoms with van der Waals surface area (Å²) in [5, 5.41) is 9.35. The summed E-state index contributed by atoms with van der Waals surface area (Å²) in [6.45, 7) is 2.00. The second-order valence-corrected chi connectivity index (χ2v) is 3.24. The summed E-state index contributed by atoms with van der Waals surface area (Å²) in [6.07, 6.45) is 3.37. The zero-order valence-electron chi connectivity index (χ0n) is 5.63. The van der Waals surface area contributed by atoms with E-state index in [1.54, 1.807) is 0 Å². The minimum absolute atomic E-state index is 0.141. The smallest absolute Gasteiger partial charge is 0.118 e. The fourth-order valence-electron chi connectivity index (χ4n) is 1.69. The van der Waals surface area contributed by atoms with Crippen LogP contribution in [0.4, 0.5) is 0 Å². The van der Waals surface area contributed by atoms with E-state index < -0.39 is 0 Å². The van der Waals surface area contributed by atoms with Crippen LogP contribution in [0.25, 0.3) is 0 Å². The van der Waals surface area contributed by atoms with Gasteiger partial charge in [0.25, 0.3) is 0 Å².